The molecule has 0 amide bonds. The maximum Gasteiger partial charge on any atom is 0.337 e. The summed E-state index contributed by atoms with van der Waals surface area (Å²) in [6.07, 6.45) is 2.20. The van der Waals surface area contributed by atoms with Gasteiger partial charge in [0.15, 0.2) is 0 Å². The maximum atomic E-state index is 10.8. The molecule has 0 aliphatic heterocycles. The van der Waals surface area contributed by atoms with Crippen molar-refractivity contribution in [2.75, 3.05) is 19.8 Å². The maximum absolute atomic E-state index is 10.8. The average molecular weight is 260 g/mol. The van der Waals surface area contributed by atoms with Gasteiger partial charge in [-0.25, -0.2) is 9.78 Å². The van der Waals surface area contributed by atoms with Gasteiger partial charge in [0.25, 0.3) is 0 Å². The van der Waals surface area contributed by atoms with Crippen LogP contribution in [0.15, 0.2) is 12.3 Å². The number of hydrogen-bond acceptors (Lipinski definition) is 4. The molecule has 0 radical (unpaired) electrons. The molecule has 0 aliphatic carbocycles. The van der Waals surface area contributed by atoms with E-state index in [1.54, 1.807) is 0 Å². The Balaban J connectivity index is 2.49. The zero-order valence-corrected chi connectivity index (χ0v) is 10.2. The summed E-state index contributed by atoms with van der Waals surface area (Å²) in [6.45, 7) is 3.47. The SMILES string of the molecule is CCCOCCOc1cc(C(=O)O)c(Cl)cn1. The van der Waals surface area contributed by atoms with E-state index < -0.39 is 5.97 Å². The van der Waals surface area contributed by atoms with Crippen LogP contribution in [0.25, 0.3) is 0 Å². The molecule has 0 spiro atoms. The van der Waals surface area contributed by atoms with E-state index in [4.69, 9.17) is 26.2 Å². The van der Waals surface area contributed by atoms with E-state index >= 15 is 0 Å². The molecule has 1 aromatic heterocycles. The number of nitrogens with zero attached hydrogens (tertiary/aromatic N) is 1. The van der Waals surface area contributed by atoms with Gasteiger partial charge in [0.1, 0.15) is 6.61 Å². The van der Waals surface area contributed by atoms with Crippen LogP contribution < -0.4 is 4.74 Å². The molecule has 0 saturated carbocycles. The highest BCUT2D eigenvalue weighted by atomic mass is 35.5. The van der Waals surface area contributed by atoms with Gasteiger partial charge in [0, 0.05) is 12.7 Å². The van der Waals surface area contributed by atoms with Crippen LogP contribution in [0.1, 0.15) is 23.7 Å². The summed E-state index contributed by atoms with van der Waals surface area (Å²) >= 11 is 5.67. The van der Waals surface area contributed by atoms with E-state index in [1.165, 1.54) is 12.3 Å². The van der Waals surface area contributed by atoms with E-state index in [-0.39, 0.29) is 16.5 Å². The minimum atomic E-state index is -1.11. The number of ether oxygens (including phenoxy) is 2. The number of hydrogen-bond donors (Lipinski definition) is 1. The van der Waals surface area contributed by atoms with Gasteiger partial charge >= 0.3 is 5.97 Å². The van der Waals surface area contributed by atoms with Crippen LogP contribution in [0.3, 0.4) is 0 Å². The molecule has 6 heteroatoms. The van der Waals surface area contributed by atoms with Gasteiger partial charge in [-0.1, -0.05) is 18.5 Å². The average Bonchev–Trinajstić information content (AvgIpc) is 2.30. The second-order valence-electron chi connectivity index (χ2n) is 3.27. The molecule has 0 aromatic carbocycles. The molecular weight excluding hydrogens is 246 g/mol. The van der Waals surface area contributed by atoms with Crippen molar-refractivity contribution in [3.63, 3.8) is 0 Å². The summed E-state index contributed by atoms with van der Waals surface area (Å²) in [5.41, 5.74) is -0.0221. The fourth-order valence-electron chi connectivity index (χ4n) is 1.11. The first-order valence-corrected chi connectivity index (χ1v) is 5.62. The number of aromatic nitrogens is 1. The number of carboxylic acid groups (broad SMARTS) is 1. The fraction of sp³-hybridized carbons (Fsp3) is 0.455. The summed E-state index contributed by atoms with van der Waals surface area (Å²) in [4.78, 5) is 14.7. The second-order valence-corrected chi connectivity index (χ2v) is 3.68. The summed E-state index contributed by atoms with van der Waals surface area (Å²) in [5, 5.41) is 8.93. The van der Waals surface area contributed by atoms with Crippen LogP contribution in [0.4, 0.5) is 0 Å². The molecule has 0 aliphatic rings. The standard InChI is InChI=1S/C11H14ClNO4/c1-2-3-16-4-5-17-10-6-8(11(14)15)9(12)7-13-10/h6-7H,2-5H2,1H3,(H,14,15). The largest absolute Gasteiger partial charge is 0.478 e. The molecule has 1 heterocycles. The zero-order chi connectivity index (χ0) is 12.7. The lowest BCUT2D eigenvalue weighted by Crippen LogP contribution is -2.08. The molecule has 1 N–H and O–H groups in total. The van der Waals surface area contributed by atoms with Crippen LogP contribution in [-0.2, 0) is 4.74 Å². The molecule has 0 fully saturated rings. The molecule has 0 atom stereocenters. The molecule has 1 rings (SSSR count). The van der Waals surface area contributed by atoms with Crippen molar-refractivity contribution in [1.29, 1.82) is 0 Å². The van der Waals surface area contributed by atoms with Gasteiger partial charge in [-0.2, -0.15) is 0 Å². The molecule has 0 bridgehead atoms. The lowest BCUT2D eigenvalue weighted by atomic mass is 10.3. The van der Waals surface area contributed by atoms with Crippen molar-refractivity contribution < 1.29 is 19.4 Å². The number of carbonyl (C=O) groups is 1. The van der Waals surface area contributed by atoms with Crippen molar-refractivity contribution in [3.05, 3.63) is 22.8 Å². The smallest absolute Gasteiger partial charge is 0.337 e. The van der Waals surface area contributed by atoms with Crippen LogP contribution >= 0.6 is 11.6 Å². The number of pyridine rings is 1. The predicted octanol–water partition coefficient (Wildman–Crippen LogP) is 2.24. The molecule has 5 nitrogen and oxygen atoms in total. The molecule has 17 heavy (non-hydrogen) atoms. The van der Waals surface area contributed by atoms with Crippen molar-refractivity contribution in [1.82, 2.24) is 4.98 Å². The van der Waals surface area contributed by atoms with Gasteiger partial charge in [0.05, 0.1) is 23.4 Å². The molecule has 94 valence electrons. The van der Waals surface area contributed by atoms with Crippen molar-refractivity contribution in [2.45, 2.75) is 13.3 Å². The minimum absolute atomic E-state index is 0.0221. The third kappa shape index (κ3) is 4.58. The predicted molar refractivity (Wildman–Crippen MR) is 62.8 cm³/mol. The Bertz CT molecular complexity index is 384. The first-order valence-electron chi connectivity index (χ1n) is 5.24. The Morgan fingerprint density at radius 1 is 1.47 bits per heavy atom. The highest BCUT2D eigenvalue weighted by molar-refractivity contribution is 6.33. The summed E-state index contributed by atoms with van der Waals surface area (Å²) < 4.78 is 10.5. The lowest BCUT2D eigenvalue weighted by molar-refractivity contribution is 0.0695. The molecular formula is C11H14ClNO4. The van der Waals surface area contributed by atoms with Gasteiger partial charge in [0.2, 0.25) is 5.88 Å². The van der Waals surface area contributed by atoms with Gasteiger partial charge in [-0.05, 0) is 6.42 Å². The first kappa shape index (κ1) is 13.7. The van der Waals surface area contributed by atoms with E-state index in [9.17, 15) is 4.79 Å². The van der Waals surface area contributed by atoms with Crippen molar-refractivity contribution in [2.24, 2.45) is 0 Å². The van der Waals surface area contributed by atoms with Gasteiger partial charge in [-0.15, -0.1) is 0 Å². The van der Waals surface area contributed by atoms with E-state index in [0.717, 1.165) is 6.42 Å². The monoisotopic (exact) mass is 259 g/mol. The van der Waals surface area contributed by atoms with Gasteiger partial charge in [-0.3, -0.25) is 0 Å². The molecule has 0 saturated heterocycles. The zero-order valence-electron chi connectivity index (χ0n) is 9.48. The Kier molecular flexibility index (Phi) is 5.72. The van der Waals surface area contributed by atoms with E-state index in [0.29, 0.717) is 19.8 Å². The summed E-state index contributed by atoms with van der Waals surface area (Å²) in [6, 6.07) is 1.30. The third-order valence-electron chi connectivity index (χ3n) is 1.89. The first-order chi connectivity index (χ1) is 8.15. The normalized spacial score (nSPS) is 10.2. The highest BCUT2D eigenvalue weighted by Crippen LogP contribution is 2.19. The number of carboxylic acids is 1. The Labute approximate surface area is 104 Å². The highest BCUT2D eigenvalue weighted by Gasteiger charge is 2.10. The minimum Gasteiger partial charge on any atom is -0.478 e. The van der Waals surface area contributed by atoms with E-state index in [2.05, 4.69) is 4.98 Å². The molecule has 0 unspecified atom stereocenters. The van der Waals surface area contributed by atoms with Crippen LogP contribution in [0, 0.1) is 0 Å². The van der Waals surface area contributed by atoms with E-state index in [1.807, 2.05) is 6.92 Å². The number of halogens is 1. The summed E-state index contributed by atoms with van der Waals surface area (Å²) in [5.74, 6) is -0.878. The third-order valence-corrected chi connectivity index (χ3v) is 2.19. The van der Waals surface area contributed by atoms with Crippen molar-refractivity contribution >= 4 is 17.6 Å². The van der Waals surface area contributed by atoms with Crippen LogP contribution in [0.2, 0.25) is 5.02 Å². The molecule has 1 aromatic rings. The van der Waals surface area contributed by atoms with Gasteiger partial charge < -0.3 is 14.6 Å². The quantitative estimate of drug-likeness (QED) is 0.761. The number of aromatic carboxylic acids is 1. The fourth-order valence-corrected chi connectivity index (χ4v) is 1.30. The summed E-state index contributed by atoms with van der Waals surface area (Å²) in [7, 11) is 0. The number of rotatable bonds is 7. The lowest BCUT2D eigenvalue weighted by Gasteiger charge is -2.06. The van der Waals surface area contributed by atoms with Crippen molar-refractivity contribution in [3.8, 4) is 5.88 Å². The Hall–Kier alpha value is -1.33. The Morgan fingerprint density at radius 2 is 2.24 bits per heavy atom. The second kappa shape index (κ2) is 7.09. The topological polar surface area (TPSA) is 68.7 Å². The Morgan fingerprint density at radius 3 is 2.88 bits per heavy atom. The van der Waals surface area contributed by atoms with Crippen LogP contribution in [0.5, 0.6) is 5.88 Å². The van der Waals surface area contributed by atoms with Crippen LogP contribution in [-0.4, -0.2) is 35.9 Å².